The third-order valence-electron chi connectivity index (χ3n) is 3.92. The van der Waals surface area contributed by atoms with Crippen molar-refractivity contribution in [1.82, 2.24) is 0 Å². The van der Waals surface area contributed by atoms with Gasteiger partial charge < -0.3 is 10.0 Å². The normalized spacial score (nSPS) is 10.4. The maximum atomic E-state index is 10.7. The fourth-order valence-electron chi connectivity index (χ4n) is 2.68. The second-order valence-corrected chi connectivity index (χ2v) is 6.62. The Morgan fingerprint density at radius 2 is 1.32 bits per heavy atom. The first-order chi connectivity index (χ1) is 12.1. The number of rotatable bonds is 6. The average molecular weight is 396 g/mol. The van der Waals surface area contributed by atoms with Gasteiger partial charge in [0.2, 0.25) is 0 Å². The number of anilines is 3. The number of benzene rings is 3. The van der Waals surface area contributed by atoms with E-state index in [-0.39, 0.29) is 6.42 Å². The Balaban J connectivity index is 1.94. The molecular weight excluding hydrogens is 378 g/mol. The number of nitrogens with zero attached hydrogens (tertiary/aromatic N) is 1. The van der Waals surface area contributed by atoms with Crippen molar-refractivity contribution in [2.45, 2.75) is 12.8 Å². The topological polar surface area (TPSA) is 40.5 Å². The first-order valence-corrected chi connectivity index (χ1v) is 8.84. The SMILES string of the molecule is O=C(O)CCc1ccc(N(c2ccccc2)c2ccc(Br)cc2)cc1. The number of halogens is 1. The molecule has 1 N–H and O–H groups in total. The summed E-state index contributed by atoms with van der Waals surface area (Å²) in [6, 6.07) is 26.4. The highest BCUT2D eigenvalue weighted by molar-refractivity contribution is 9.10. The lowest BCUT2D eigenvalue weighted by molar-refractivity contribution is -0.136. The Bertz CT molecular complexity index is 830. The van der Waals surface area contributed by atoms with Crippen molar-refractivity contribution < 1.29 is 9.90 Å². The minimum Gasteiger partial charge on any atom is -0.481 e. The number of carboxylic acid groups (broad SMARTS) is 1. The van der Waals surface area contributed by atoms with Crippen LogP contribution in [0.5, 0.6) is 0 Å². The van der Waals surface area contributed by atoms with Crippen LogP contribution in [0.25, 0.3) is 0 Å². The van der Waals surface area contributed by atoms with Gasteiger partial charge in [-0.3, -0.25) is 4.79 Å². The van der Waals surface area contributed by atoms with E-state index in [0.717, 1.165) is 27.1 Å². The molecule has 0 aliphatic carbocycles. The van der Waals surface area contributed by atoms with E-state index in [4.69, 9.17) is 5.11 Å². The van der Waals surface area contributed by atoms with Crippen molar-refractivity contribution in [3.05, 3.63) is 88.9 Å². The predicted octanol–water partition coefficient (Wildman–Crippen LogP) is 5.94. The summed E-state index contributed by atoms with van der Waals surface area (Å²) >= 11 is 3.48. The van der Waals surface area contributed by atoms with Crippen LogP contribution in [-0.4, -0.2) is 11.1 Å². The van der Waals surface area contributed by atoms with Crippen LogP contribution in [0.3, 0.4) is 0 Å². The number of hydrogen-bond donors (Lipinski definition) is 1. The lowest BCUT2D eigenvalue weighted by Gasteiger charge is -2.25. The Morgan fingerprint density at radius 1 is 0.800 bits per heavy atom. The summed E-state index contributed by atoms with van der Waals surface area (Å²) in [5.41, 5.74) is 4.19. The van der Waals surface area contributed by atoms with Crippen LogP contribution in [0, 0.1) is 0 Å². The zero-order valence-electron chi connectivity index (χ0n) is 13.6. The molecule has 3 aromatic rings. The fourth-order valence-corrected chi connectivity index (χ4v) is 2.94. The molecule has 0 fully saturated rings. The minimum absolute atomic E-state index is 0.147. The molecule has 0 heterocycles. The van der Waals surface area contributed by atoms with E-state index in [9.17, 15) is 4.79 Å². The quantitative estimate of drug-likeness (QED) is 0.561. The predicted molar refractivity (Wildman–Crippen MR) is 105 cm³/mol. The third-order valence-corrected chi connectivity index (χ3v) is 4.45. The molecule has 0 saturated heterocycles. The molecule has 0 spiro atoms. The zero-order chi connectivity index (χ0) is 17.6. The largest absolute Gasteiger partial charge is 0.481 e. The summed E-state index contributed by atoms with van der Waals surface area (Å²) in [7, 11) is 0. The molecule has 3 nitrogen and oxygen atoms in total. The third kappa shape index (κ3) is 4.48. The van der Waals surface area contributed by atoms with E-state index in [1.54, 1.807) is 0 Å². The molecule has 0 amide bonds. The van der Waals surface area contributed by atoms with Crippen molar-refractivity contribution in [3.8, 4) is 0 Å². The Hall–Kier alpha value is -2.59. The van der Waals surface area contributed by atoms with Crippen molar-refractivity contribution in [1.29, 1.82) is 0 Å². The van der Waals surface area contributed by atoms with Crippen molar-refractivity contribution >= 4 is 39.0 Å². The lowest BCUT2D eigenvalue weighted by Crippen LogP contribution is -2.09. The van der Waals surface area contributed by atoms with Crippen molar-refractivity contribution in [3.63, 3.8) is 0 Å². The second-order valence-electron chi connectivity index (χ2n) is 5.71. The number of para-hydroxylation sites is 1. The van der Waals surface area contributed by atoms with Gasteiger partial charge in [-0.25, -0.2) is 0 Å². The van der Waals surface area contributed by atoms with E-state index in [1.165, 1.54) is 0 Å². The number of hydrogen-bond acceptors (Lipinski definition) is 2. The molecular formula is C21H18BrNO2. The monoisotopic (exact) mass is 395 g/mol. The molecule has 126 valence electrons. The molecule has 0 atom stereocenters. The lowest BCUT2D eigenvalue weighted by atomic mass is 10.1. The zero-order valence-corrected chi connectivity index (χ0v) is 15.2. The first-order valence-electron chi connectivity index (χ1n) is 8.05. The maximum Gasteiger partial charge on any atom is 0.303 e. The number of aliphatic carboxylic acids is 1. The highest BCUT2D eigenvalue weighted by Gasteiger charge is 2.12. The van der Waals surface area contributed by atoms with Gasteiger partial charge in [0.05, 0.1) is 0 Å². The first kappa shape index (κ1) is 17.2. The molecule has 4 heteroatoms. The maximum absolute atomic E-state index is 10.7. The average Bonchev–Trinajstić information content (AvgIpc) is 2.64. The summed E-state index contributed by atoms with van der Waals surface area (Å²) in [4.78, 5) is 12.9. The van der Waals surface area contributed by atoms with Crippen LogP contribution in [0.4, 0.5) is 17.1 Å². The van der Waals surface area contributed by atoms with Gasteiger partial charge in [0.1, 0.15) is 0 Å². The molecule has 0 saturated carbocycles. The van der Waals surface area contributed by atoms with Gasteiger partial charge in [0, 0.05) is 28.0 Å². The highest BCUT2D eigenvalue weighted by atomic mass is 79.9. The fraction of sp³-hybridized carbons (Fsp3) is 0.0952. The van der Waals surface area contributed by atoms with Crippen molar-refractivity contribution in [2.75, 3.05) is 4.90 Å². The van der Waals surface area contributed by atoms with E-state index < -0.39 is 5.97 Å². The standard InChI is InChI=1S/C21H18BrNO2/c22-17-9-13-20(14-10-17)23(18-4-2-1-3-5-18)19-11-6-16(7-12-19)8-15-21(24)25/h1-7,9-14H,8,15H2,(H,24,25). The summed E-state index contributed by atoms with van der Waals surface area (Å²) in [5.74, 6) is -0.773. The molecule has 3 aromatic carbocycles. The summed E-state index contributed by atoms with van der Waals surface area (Å²) in [6.07, 6.45) is 0.688. The Labute approximate surface area is 155 Å². The van der Waals surface area contributed by atoms with Gasteiger partial charge in [-0.2, -0.15) is 0 Å². The van der Waals surface area contributed by atoms with Gasteiger partial charge in [-0.1, -0.05) is 46.3 Å². The van der Waals surface area contributed by atoms with Crippen LogP contribution in [-0.2, 0) is 11.2 Å². The van der Waals surface area contributed by atoms with Crippen LogP contribution in [0.15, 0.2) is 83.3 Å². The molecule has 0 radical (unpaired) electrons. The van der Waals surface area contributed by atoms with Crippen LogP contribution in [0.1, 0.15) is 12.0 Å². The molecule has 0 aliphatic heterocycles. The van der Waals surface area contributed by atoms with Crippen molar-refractivity contribution in [2.24, 2.45) is 0 Å². The molecule has 0 unspecified atom stereocenters. The second kappa shape index (κ2) is 7.99. The highest BCUT2D eigenvalue weighted by Crippen LogP contribution is 2.34. The number of carbonyl (C=O) groups is 1. The van der Waals surface area contributed by atoms with Crippen LogP contribution >= 0.6 is 15.9 Å². The van der Waals surface area contributed by atoms with Gasteiger partial charge in [-0.15, -0.1) is 0 Å². The van der Waals surface area contributed by atoms with Gasteiger partial charge >= 0.3 is 5.97 Å². The van der Waals surface area contributed by atoms with Gasteiger partial charge in [0.15, 0.2) is 0 Å². The van der Waals surface area contributed by atoms with Crippen LogP contribution < -0.4 is 4.90 Å². The number of aryl methyl sites for hydroxylation is 1. The van der Waals surface area contributed by atoms with Gasteiger partial charge in [-0.05, 0) is 60.5 Å². The summed E-state index contributed by atoms with van der Waals surface area (Å²) < 4.78 is 1.04. The van der Waals surface area contributed by atoms with E-state index in [1.807, 2.05) is 54.6 Å². The number of carboxylic acids is 1. The summed E-state index contributed by atoms with van der Waals surface area (Å²) in [6.45, 7) is 0. The van der Waals surface area contributed by atoms with Crippen LogP contribution in [0.2, 0.25) is 0 Å². The molecule has 0 aliphatic rings. The smallest absolute Gasteiger partial charge is 0.303 e. The Kier molecular flexibility index (Phi) is 5.51. The van der Waals surface area contributed by atoms with E-state index in [2.05, 4.69) is 45.1 Å². The van der Waals surface area contributed by atoms with E-state index >= 15 is 0 Å². The Morgan fingerprint density at radius 3 is 1.88 bits per heavy atom. The molecule has 3 rings (SSSR count). The minimum atomic E-state index is -0.773. The molecule has 0 aromatic heterocycles. The summed E-state index contributed by atoms with van der Waals surface area (Å²) in [5, 5.41) is 8.83. The van der Waals surface area contributed by atoms with E-state index in [0.29, 0.717) is 6.42 Å². The molecule has 25 heavy (non-hydrogen) atoms. The van der Waals surface area contributed by atoms with Gasteiger partial charge in [0.25, 0.3) is 0 Å². The molecule has 0 bridgehead atoms.